The minimum Gasteiger partial charge on any atom is -0.465 e. The van der Waals surface area contributed by atoms with Gasteiger partial charge in [-0.2, -0.15) is 0 Å². The van der Waals surface area contributed by atoms with Gasteiger partial charge in [-0.3, -0.25) is 0 Å². The standard InChI is InChI=1S/C9H10BNO2/c1-5-7(9(12)13-2)3-6(10)4-8(5)11/h3-4H,11H2,1-2H3. The summed E-state index contributed by atoms with van der Waals surface area (Å²) in [5.41, 5.74) is 7.70. The van der Waals surface area contributed by atoms with Crippen LogP contribution >= 0.6 is 0 Å². The van der Waals surface area contributed by atoms with Gasteiger partial charge in [0.2, 0.25) is 0 Å². The third kappa shape index (κ3) is 1.83. The Bertz CT molecular complexity index is 350. The number of nitrogens with two attached hydrogens (primary N) is 1. The number of hydrogen-bond acceptors (Lipinski definition) is 3. The van der Waals surface area contributed by atoms with Crippen LogP contribution in [0.3, 0.4) is 0 Å². The molecule has 2 N–H and O–H groups in total. The molecule has 0 spiro atoms. The molecule has 1 aromatic rings. The van der Waals surface area contributed by atoms with E-state index in [2.05, 4.69) is 4.74 Å². The molecule has 0 bridgehead atoms. The molecule has 0 fully saturated rings. The van der Waals surface area contributed by atoms with Crippen LogP contribution in [0, 0.1) is 6.92 Å². The highest BCUT2D eigenvalue weighted by Gasteiger charge is 2.10. The van der Waals surface area contributed by atoms with Gasteiger partial charge in [0, 0.05) is 5.69 Å². The van der Waals surface area contributed by atoms with Gasteiger partial charge in [0.15, 0.2) is 0 Å². The molecule has 13 heavy (non-hydrogen) atoms. The van der Waals surface area contributed by atoms with Gasteiger partial charge in [0.25, 0.3) is 0 Å². The summed E-state index contributed by atoms with van der Waals surface area (Å²) in [5, 5.41) is 0. The molecule has 0 atom stereocenters. The maximum Gasteiger partial charge on any atom is 0.338 e. The van der Waals surface area contributed by atoms with E-state index in [9.17, 15) is 4.79 Å². The zero-order valence-corrected chi connectivity index (χ0v) is 7.63. The Morgan fingerprint density at radius 1 is 1.54 bits per heavy atom. The molecule has 0 aromatic heterocycles. The number of nitrogen functional groups attached to an aromatic ring is 1. The van der Waals surface area contributed by atoms with Crippen LogP contribution in [-0.4, -0.2) is 20.9 Å². The van der Waals surface area contributed by atoms with Crippen molar-refractivity contribution in [1.29, 1.82) is 0 Å². The molecule has 1 rings (SSSR count). The van der Waals surface area contributed by atoms with Crippen LogP contribution in [0.5, 0.6) is 0 Å². The van der Waals surface area contributed by atoms with E-state index in [0.29, 0.717) is 22.3 Å². The Morgan fingerprint density at radius 3 is 2.69 bits per heavy atom. The summed E-state index contributed by atoms with van der Waals surface area (Å²) in [4.78, 5) is 11.2. The second-order valence-electron chi connectivity index (χ2n) is 2.77. The second kappa shape index (κ2) is 3.52. The number of rotatable bonds is 1. The minimum atomic E-state index is -0.420. The fourth-order valence-electron chi connectivity index (χ4n) is 1.08. The largest absolute Gasteiger partial charge is 0.465 e. The molecule has 0 aliphatic heterocycles. The first-order valence-electron chi connectivity index (χ1n) is 3.80. The highest BCUT2D eigenvalue weighted by Crippen LogP contribution is 2.14. The van der Waals surface area contributed by atoms with Gasteiger partial charge in [0.05, 0.1) is 12.7 Å². The molecule has 0 amide bonds. The van der Waals surface area contributed by atoms with Crippen LogP contribution in [0.1, 0.15) is 15.9 Å². The number of anilines is 1. The number of hydrogen-bond donors (Lipinski definition) is 1. The molecule has 1 aromatic carbocycles. The van der Waals surface area contributed by atoms with Gasteiger partial charge in [-0.15, -0.1) is 0 Å². The van der Waals surface area contributed by atoms with Crippen LogP contribution in [-0.2, 0) is 4.74 Å². The van der Waals surface area contributed by atoms with Crippen LogP contribution in [0.15, 0.2) is 12.1 Å². The summed E-state index contributed by atoms with van der Waals surface area (Å²) in [5.74, 6) is -0.420. The molecule has 3 nitrogen and oxygen atoms in total. The van der Waals surface area contributed by atoms with Crippen LogP contribution in [0.25, 0.3) is 0 Å². The predicted molar refractivity (Wildman–Crippen MR) is 52.3 cm³/mol. The zero-order valence-electron chi connectivity index (χ0n) is 7.63. The van der Waals surface area contributed by atoms with Crippen molar-refractivity contribution in [2.75, 3.05) is 12.8 Å². The van der Waals surface area contributed by atoms with E-state index in [1.165, 1.54) is 7.11 Å². The van der Waals surface area contributed by atoms with Gasteiger partial charge in [-0.1, -0.05) is 11.5 Å². The topological polar surface area (TPSA) is 52.3 Å². The van der Waals surface area contributed by atoms with E-state index in [1.54, 1.807) is 19.1 Å². The van der Waals surface area contributed by atoms with Crippen molar-refractivity contribution in [2.45, 2.75) is 6.92 Å². The van der Waals surface area contributed by atoms with Crippen molar-refractivity contribution in [1.82, 2.24) is 0 Å². The van der Waals surface area contributed by atoms with Crippen molar-refractivity contribution in [3.05, 3.63) is 23.3 Å². The Morgan fingerprint density at radius 2 is 2.15 bits per heavy atom. The number of esters is 1. The molecular weight excluding hydrogens is 165 g/mol. The smallest absolute Gasteiger partial charge is 0.338 e. The lowest BCUT2D eigenvalue weighted by atomic mass is 9.91. The second-order valence-corrected chi connectivity index (χ2v) is 2.77. The van der Waals surface area contributed by atoms with Crippen molar-refractivity contribution in [2.24, 2.45) is 0 Å². The normalized spacial score (nSPS) is 9.69. The number of ether oxygens (including phenoxy) is 1. The van der Waals surface area contributed by atoms with Crippen LogP contribution < -0.4 is 11.2 Å². The van der Waals surface area contributed by atoms with Gasteiger partial charge < -0.3 is 10.5 Å². The van der Waals surface area contributed by atoms with E-state index in [4.69, 9.17) is 13.6 Å². The molecular formula is C9H10BNO2. The molecule has 0 saturated carbocycles. The Hall–Kier alpha value is -1.45. The van der Waals surface area contributed by atoms with Crippen LogP contribution in [0.4, 0.5) is 5.69 Å². The molecule has 0 unspecified atom stereocenters. The summed E-state index contributed by atoms with van der Waals surface area (Å²) in [6.45, 7) is 1.75. The third-order valence-electron chi connectivity index (χ3n) is 1.88. The van der Waals surface area contributed by atoms with Crippen LogP contribution in [0.2, 0.25) is 0 Å². The minimum absolute atomic E-state index is 0.417. The first kappa shape index (κ1) is 9.64. The average molecular weight is 175 g/mol. The van der Waals surface area contributed by atoms with Gasteiger partial charge in [0.1, 0.15) is 7.85 Å². The number of methoxy groups -OCH3 is 1. The fraction of sp³-hybridized carbons (Fsp3) is 0.222. The molecule has 0 saturated heterocycles. The summed E-state index contributed by atoms with van der Waals surface area (Å²) in [6.07, 6.45) is 0. The van der Waals surface area contributed by atoms with E-state index in [1.807, 2.05) is 0 Å². The predicted octanol–water partition coefficient (Wildman–Crippen LogP) is 0.158. The Labute approximate surface area is 78.3 Å². The van der Waals surface area contributed by atoms with Gasteiger partial charge in [-0.05, 0) is 18.6 Å². The summed E-state index contributed by atoms with van der Waals surface area (Å²) in [6, 6.07) is 3.17. The number of benzene rings is 1. The lowest BCUT2D eigenvalue weighted by Gasteiger charge is -2.07. The zero-order chi connectivity index (χ0) is 10.0. The van der Waals surface area contributed by atoms with Crippen molar-refractivity contribution >= 4 is 25.0 Å². The lowest BCUT2D eigenvalue weighted by molar-refractivity contribution is 0.0600. The Kier molecular flexibility index (Phi) is 2.61. The molecule has 2 radical (unpaired) electrons. The molecule has 0 heterocycles. The monoisotopic (exact) mass is 175 g/mol. The van der Waals surface area contributed by atoms with Crippen molar-refractivity contribution in [3.63, 3.8) is 0 Å². The molecule has 0 aliphatic carbocycles. The van der Waals surface area contributed by atoms with Gasteiger partial charge in [-0.25, -0.2) is 4.79 Å². The highest BCUT2D eigenvalue weighted by atomic mass is 16.5. The third-order valence-corrected chi connectivity index (χ3v) is 1.88. The molecule has 4 heteroatoms. The number of carbonyl (C=O) groups is 1. The molecule has 0 aliphatic rings. The van der Waals surface area contributed by atoms with Crippen molar-refractivity contribution < 1.29 is 9.53 Å². The van der Waals surface area contributed by atoms with Gasteiger partial charge >= 0.3 is 5.97 Å². The maximum absolute atomic E-state index is 11.2. The van der Waals surface area contributed by atoms with E-state index in [-0.39, 0.29) is 0 Å². The van der Waals surface area contributed by atoms with E-state index in [0.717, 1.165) is 0 Å². The average Bonchev–Trinajstić information content (AvgIpc) is 2.10. The van der Waals surface area contributed by atoms with Crippen molar-refractivity contribution in [3.8, 4) is 0 Å². The van der Waals surface area contributed by atoms with E-state index < -0.39 is 5.97 Å². The summed E-state index contributed by atoms with van der Waals surface area (Å²) in [7, 11) is 6.85. The quantitative estimate of drug-likeness (QED) is 0.375. The van der Waals surface area contributed by atoms with E-state index >= 15 is 0 Å². The SMILES string of the molecule is [B]c1cc(N)c(C)c(C(=O)OC)c1. The molecule has 66 valence electrons. The Balaban J connectivity index is 3.28. The first-order chi connectivity index (χ1) is 6.06. The highest BCUT2D eigenvalue weighted by molar-refractivity contribution is 6.33. The lowest BCUT2D eigenvalue weighted by Crippen LogP contribution is -2.13. The fourth-order valence-corrected chi connectivity index (χ4v) is 1.08. The number of carbonyl (C=O) groups excluding carboxylic acids is 1. The summed E-state index contributed by atoms with van der Waals surface area (Å²) >= 11 is 0. The maximum atomic E-state index is 11.2. The first-order valence-corrected chi connectivity index (χ1v) is 3.80. The summed E-state index contributed by atoms with van der Waals surface area (Å²) < 4.78 is 4.58.